The number of fused-ring (bicyclic) bond motifs is 1. The fourth-order valence-corrected chi connectivity index (χ4v) is 1.80. The topological polar surface area (TPSA) is 60.2 Å². The molecule has 90 valence electrons. The number of carbonyl (C=O) groups is 2. The predicted molar refractivity (Wildman–Crippen MR) is 66.5 cm³/mol. The summed E-state index contributed by atoms with van der Waals surface area (Å²) in [7, 11) is 0. The quantitative estimate of drug-likeness (QED) is 0.746. The highest BCUT2D eigenvalue weighted by Gasteiger charge is 2.36. The molecule has 0 atom stereocenters. The summed E-state index contributed by atoms with van der Waals surface area (Å²) in [5.74, 6) is -0.418. The van der Waals surface area contributed by atoms with Crippen LogP contribution in [0.1, 0.15) is 26.9 Å². The Morgan fingerprint density at radius 2 is 1.61 bits per heavy atom. The van der Waals surface area contributed by atoms with E-state index in [1.54, 1.807) is 6.92 Å². The fourth-order valence-electron chi connectivity index (χ4n) is 1.80. The Balaban J connectivity index is 2.73. The molecule has 0 fully saturated rings. The number of carbonyl (C=O) groups excluding carboxylic acids is 2. The minimum absolute atomic E-state index is 0.00758. The third-order valence-corrected chi connectivity index (χ3v) is 2.50. The molecule has 0 radical (unpaired) electrons. The number of hydrogen-bond donors (Lipinski definition) is 0. The van der Waals surface area contributed by atoms with E-state index >= 15 is 0 Å². The van der Waals surface area contributed by atoms with Crippen LogP contribution in [0.3, 0.4) is 0 Å². The van der Waals surface area contributed by atoms with Gasteiger partial charge in [-0.3, -0.25) is 9.59 Å². The van der Waals surface area contributed by atoms with Crippen molar-refractivity contribution in [3.05, 3.63) is 66.0 Å². The molecule has 0 saturated heterocycles. The second kappa shape index (κ2) is 4.41. The molecule has 1 aromatic heterocycles. The van der Waals surface area contributed by atoms with Crippen LogP contribution in [0, 0.1) is 6.92 Å². The summed E-state index contributed by atoms with van der Waals surface area (Å²) in [6, 6.07) is 0. The molecular formula is C14H11NO3. The molecule has 0 bridgehead atoms. The first-order chi connectivity index (χ1) is 8.60. The summed E-state index contributed by atoms with van der Waals surface area (Å²) in [6.45, 7) is 8.65. The lowest BCUT2D eigenvalue weighted by molar-refractivity contribution is 0.0952. The maximum absolute atomic E-state index is 12.2. The average Bonchev–Trinajstić information content (AvgIpc) is 2.73. The predicted octanol–water partition coefficient (Wildman–Crippen LogP) is 2.59. The van der Waals surface area contributed by atoms with Crippen molar-refractivity contribution in [1.82, 2.24) is 4.98 Å². The molecular weight excluding hydrogens is 230 g/mol. The highest BCUT2D eigenvalue weighted by molar-refractivity contribution is 6.29. The summed E-state index contributed by atoms with van der Waals surface area (Å²) in [6.07, 6.45) is 5.87. The van der Waals surface area contributed by atoms with Crippen LogP contribution >= 0.6 is 0 Å². The molecule has 0 saturated carbocycles. The summed E-state index contributed by atoms with van der Waals surface area (Å²) in [4.78, 5) is 28.3. The Kier molecular flexibility index (Phi) is 2.93. The van der Waals surface area contributed by atoms with Crippen LogP contribution in [0.2, 0.25) is 0 Å². The lowest BCUT2D eigenvalue weighted by Gasteiger charge is -2.13. The van der Waals surface area contributed by atoms with E-state index in [1.807, 2.05) is 0 Å². The molecule has 0 unspecified atom stereocenters. The normalized spacial score (nSPS) is 19.2. The van der Waals surface area contributed by atoms with E-state index in [-0.39, 0.29) is 34.2 Å². The largest absolute Gasteiger partial charge is 0.437 e. The van der Waals surface area contributed by atoms with E-state index in [2.05, 4.69) is 18.1 Å². The molecule has 4 nitrogen and oxygen atoms in total. The highest BCUT2D eigenvalue weighted by Crippen LogP contribution is 2.29. The number of allylic oxidation sites excluding steroid dienone is 6. The van der Waals surface area contributed by atoms with E-state index in [1.165, 1.54) is 24.3 Å². The summed E-state index contributed by atoms with van der Waals surface area (Å²) < 4.78 is 5.18. The average molecular weight is 241 g/mol. The van der Waals surface area contributed by atoms with Gasteiger partial charge in [0.1, 0.15) is 0 Å². The van der Waals surface area contributed by atoms with E-state index in [9.17, 15) is 9.59 Å². The molecule has 1 heterocycles. The molecule has 1 aromatic rings. The summed E-state index contributed by atoms with van der Waals surface area (Å²) in [5, 5.41) is 0. The molecule has 1 aliphatic rings. The van der Waals surface area contributed by atoms with Crippen LogP contribution < -0.4 is 0 Å². The van der Waals surface area contributed by atoms with Crippen LogP contribution in [-0.4, -0.2) is 16.6 Å². The highest BCUT2D eigenvalue weighted by atomic mass is 16.4. The monoisotopic (exact) mass is 241 g/mol. The smallest absolute Gasteiger partial charge is 0.231 e. The number of aromatic nitrogens is 1. The van der Waals surface area contributed by atoms with Gasteiger partial charge in [0.05, 0.1) is 0 Å². The Labute approximate surface area is 104 Å². The number of aryl methyl sites for hydroxylation is 1. The summed E-state index contributed by atoms with van der Waals surface area (Å²) >= 11 is 0. The first-order valence-electron chi connectivity index (χ1n) is 5.32. The standard InChI is InChI=1S/C14H11NO3/c1-4-6-9-10(7-5-2)13(17)14-11(12(9)16)15-8(3)18-14/h4-7H,1-2H2,3H3/b9-6+,10-7+. The van der Waals surface area contributed by atoms with Gasteiger partial charge < -0.3 is 4.42 Å². The zero-order chi connectivity index (χ0) is 13.3. The van der Waals surface area contributed by atoms with Gasteiger partial charge in [-0.15, -0.1) is 0 Å². The SMILES string of the molecule is C=C/C=C1/C(=O)c2nc(C)oc2C(=O)/C1=C/C=C. The number of rotatable bonds is 2. The van der Waals surface area contributed by atoms with Gasteiger partial charge in [-0.1, -0.05) is 37.5 Å². The van der Waals surface area contributed by atoms with E-state index in [0.717, 1.165) is 0 Å². The number of hydrogen-bond acceptors (Lipinski definition) is 4. The number of nitrogens with zero attached hydrogens (tertiary/aromatic N) is 1. The van der Waals surface area contributed by atoms with E-state index in [0.29, 0.717) is 5.89 Å². The van der Waals surface area contributed by atoms with Gasteiger partial charge >= 0.3 is 0 Å². The first kappa shape index (κ1) is 12.0. The zero-order valence-corrected chi connectivity index (χ0v) is 9.90. The van der Waals surface area contributed by atoms with Crippen molar-refractivity contribution in [3.8, 4) is 0 Å². The zero-order valence-electron chi connectivity index (χ0n) is 9.90. The minimum atomic E-state index is -0.363. The Bertz CT molecular complexity index is 576. The third kappa shape index (κ3) is 1.68. The second-order valence-electron chi connectivity index (χ2n) is 3.70. The fraction of sp³-hybridized carbons (Fsp3) is 0.0714. The van der Waals surface area contributed by atoms with Crippen LogP contribution in [0.15, 0.2) is 53.0 Å². The Morgan fingerprint density at radius 1 is 1.06 bits per heavy atom. The Hall–Kier alpha value is -2.49. The number of Topliss-reactive ketones (excluding diaryl/α,β-unsaturated/α-hetero) is 2. The van der Waals surface area contributed by atoms with Crippen molar-refractivity contribution in [2.75, 3.05) is 0 Å². The van der Waals surface area contributed by atoms with Gasteiger partial charge in [-0.2, -0.15) is 0 Å². The van der Waals surface area contributed by atoms with Crippen LogP contribution in [0.25, 0.3) is 0 Å². The first-order valence-corrected chi connectivity index (χ1v) is 5.32. The molecule has 0 aliphatic heterocycles. The van der Waals surface area contributed by atoms with Crippen LogP contribution in [0.4, 0.5) is 0 Å². The minimum Gasteiger partial charge on any atom is -0.437 e. The van der Waals surface area contributed by atoms with Gasteiger partial charge in [-0.25, -0.2) is 4.98 Å². The maximum Gasteiger partial charge on any atom is 0.231 e. The van der Waals surface area contributed by atoms with E-state index < -0.39 is 0 Å². The van der Waals surface area contributed by atoms with Gasteiger partial charge in [0.2, 0.25) is 17.3 Å². The molecule has 0 aromatic carbocycles. The lowest BCUT2D eigenvalue weighted by atomic mass is 9.88. The van der Waals surface area contributed by atoms with Crippen molar-refractivity contribution >= 4 is 11.6 Å². The molecule has 0 N–H and O–H groups in total. The van der Waals surface area contributed by atoms with Crippen molar-refractivity contribution in [3.63, 3.8) is 0 Å². The van der Waals surface area contributed by atoms with Crippen LogP contribution in [-0.2, 0) is 0 Å². The van der Waals surface area contributed by atoms with Crippen molar-refractivity contribution in [2.24, 2.45) is 0 Å². The number of oxazole rings is 1. The Morgan fingerprint density at radius 3 is 2.17 bits per heavy atom. The third-order valence-electron chi connectivity index (χ3n) is 2.50. The van der Waals surface area contributed by atoms with Crippen molar-refractivity contribution in [1.29, 1.82) is 0 Å². The number of ketones is 2. The van der Waals surface area contributed by atoms with Crippen molar-refractivity contribution < 1.29 is 14.0 Å². The molecule has 0 spiro atoms. The molecule has 18 heavy (non-hydrogen) atoms. The van der Waals surface area contributed by atoms with Gasteiger partial charge in [0, 0.05) is 18.1 Å². The second-order valence-corrected chi connectivity index (χ2v) is 3.70. The van der Waals surface area contributed by atoms with Gasteiger partial charge in [0.15, 0.2) is 11.6 Å². The summed E-state index contributed by atoms with van der Waals surface area (Å²) in [5.41, 5.74) is 0.570. The molecule has 2 rings (SSSR count). The molecule has 4 heteroatoms. The lowest BCUT2D eigenvalue weighted by Crippen LogP contribution is -2.22. The van der Waals surface area contributed by atoms with E-state index in [4.69, 9.17) is 4.42 Å². The molecule has 1 aliphatic carbocycles. The maximum atomic E-state index is 12.2. The van der Waals surface area contributed by atoms with Gasteiger partial charge in [0.25, 0.3) is 0 Å². The molecule has 0 amide bonds. The van der Waals surface area contributed by atoms with Crippen molar-refractivity contribution in [2.45, 2.75) is 6.92 Å². The van der Waals surface area contributed by atoms with Crippen LogP contribution in [0.5, 0.6) is 0 Å². The van der Waals surface area contributed by atoms with Gasteiger partial charge in [-0.05, 0) is 0 Å².